The first-order chi connectivity index (χ1) is 9.09. The molecule has 1 aromatic rings. The molecule has 1 aromatic carbocycles. The Morgan fingerprint density at radius 2 is 1.74 bits per heavy atom. The van der Waals surface area contributed by atoms with Crippen LogP contribution in [0.3, 0.4) is 0 Å². The van der Waals surface area contributed by atoms with Crippen LogP contribution in [-0.4, -0.2) is 12.1 Å². The van der Waals surface area contributed by atoms with Gasteiger partial charge < -0.3 is 10.5 Å². The van der Waals surface area contributed by atoms with Gasteiger partial charge in [0, 0.05) is 5.54 Å². The lowest BCUT2D eigenvalue weighted by Gasteiger charge is -2.33. The summed E-state index contributed by atoms with van der Waals surface area (Å²) in [4.78, 5) is 0. The van der Waals surface area contributed by atoms with Crippen molar-refractivity contribution in [3.05, 3.63) is 29.8 Å². The maximum absolute atomic E-state index is 6.41. The van der Waals surface area contributed by atoms with Crippen molar-refractivity contribution in [2.75, 3.05) is 6.61 Å². The summed E-state index contributed by atoms with van der Waals surface area (Å²) in [7, 11) is 0. The van der Waals surface area contributed by atoms with Crippen LogP contribution in [0.2, 0.25) is 0 Å². The highest BCUT2D eigenvalue weighted by atomic mass is 16.5. The fourth-order valence-electron chi connectivity index (χ4n) is 2.83. The number of hydrogen-bond acceptors (Lipinski definition) is 2. The third-order valence-corrected chi connectivity index (χ3v) is 4.26. The van der Waals surface area contributed by atoms with E-state index in [0.717, 1.165) is 31.6 Å². The van der Waals surface area contributed by atoms with Crippen molar-refractivity contribution in [1.82, 2.24) is 0 Å². The fraction of sp³-hybridized carbons (Fsp3) is 0.647. The molecule has 2 N–H and O–H groups in total. The Balaban J connectivity index is 1.79. The topological polar surface area (TPSA) is 35.2 Å². The van der Waals surface area contributed by atoms with Crippen molar-refractivity contribution in [2.24, 2.45) is 5.73 Å². The summed E-state index contributed by atoms with van der Waals surface area (Å²) < 4.78 is 5.83. The normalized spacial score (nSPS) is 18.5. The lowest BCUT2D eigenvalue weighted by Crippen LogP contribution is -2.42. The quantitative estimate of drug-likeness (QED) is 0.860. The molecule has 106 valence electrons. The van der Waals surface area contributed by atoms with Crippen molar-refractivity contribution < 1.29 is 4.74 Å². The predicted octanol–water partition coefficient (Wildman–Crippen LogP) is 4.24. The Morgan fingerprint density at radius 1 is 1.11 bits per heavy atom. The van der Waals surface area contributed by atoms with E-state index in [0.29, 0.717) is 5.92 Å². The molecule has 1 aliphatic rings. The summed E-state index contributed by atoms with van der Waals surface area (Å²) in [5.74, 6) is 1.53. The molecule has 0 saturated heterocycles. The molecule has 19 heavy (non-hydrogen) atoms. The van der Waals surface area contributed by atoms with E-state index in [-0.39, 0.29) is 5.54 Å². The lowest BCUT2D eigenvalue weighted by molar-refractivity contribution is 0.214. The molecule has 0 atom stereocenters. The molecular formula is C17H27NO. The Hall–Kier alpha value is -1.02. The summed E-state index contributed by atoms with van der Waals surface area (Å²) >= 11 is 0. The SMILES string of the molecule is CC(C)c1ccc(OCCC2(N)CCCCC2)cc1. The van der Waals surface area contributed by atoms with Gasteiger partial charge in [0.2, 0.25) is 0 Å². The van der Waals surface area contributed by atoms with Gasteiger partial charge >= 0.3 is 0 Å². The Bertz CT molecular complexity index is 377. The van der Waals surface area contributed by atoms with Gasteiger partial charge in [0.1, 0.15) is 5.75 Å². The number of benzene rings is 1. The molecule has 1 saturated carbocycles. The molecule has 1 aliphatic carbocycles. The molecule has 2 heteroatoms. The van der Waals surface area contributed by atoms with Gasteiger partial charge in [-0.15, -0.1) is 0 Å². The van der Waals surface area contributed by atoms with Crippen LogP contribution in [0.5, 0.6) is 5.75 Å². The third kappa shape index (κ3) is 4.24. The molecule has 1 fully saturated rings. The van der Waals surface area contributed by atoms with Crippen molar-refractivity contribution >= 4 is 0 Å². The molecule has 0 bridgehead atoms. The van der Waals surface area contributed by atoms with Gasteiger partial charge in [0.25, 0.3) is 0 Å². The van der Waals surface area contributed by atoms with Crippen molar-refractivity contribution in [2.45, 2.75) is 63.8 Å². The Labute approximate surface area is 117 Å². The van der Waals surface area contributed by atoms with Gasteiger partial charge in [-0.05, 0) is 42.9 Å². The van der Waals surface area contributed by atoms with E-state index in [1.165, 1.54) is 24.8 Å². The first-order valence-electron chi connectivity index (χ1n) is 7.61. The van der Waals surface area contributed by atoms with Gasteiger partial charge in [-0.25, -0.2) is 0 Å². The monoisotopic (exact) mass is 261 g/mol. The minimum absolute atomic E-state index is 0.0239. The smallest absolute Gasteiger partial charge is 0.119 e. The van der Waals surface area contributed by atoms with Crippen molar-refractivity contribution in [3.63, 3.8) is 0 Å². The van der Waals surface area contributed by atoms with Gasteiger partial charge in [-0.3, -0.25) is 0 Å². The minimum Gasteiger partial charge on any atom is -0.494 e. The van der Waals surface area contributed by atoms with E-state index in [1.54, 1.807) is 0 Å². The van der Waals surface area contributed by atoms with Crippen LogP contribution in [0.25, 0.3) is 0 Å². The van der Waals surface area contributed by atoms with E-state index in [1.807, 2.05) is 0 Å². The summed E-state index contributed by atoms with van der Waals surface area (Å²) in [5, 5.41) is 0. The molecule has 0 spiro atoms. The van der Waals surface area contributed by atoms with Crippen LogP contribution in [-0.2, 0) is 0 Å². The molecule has 0 radical (unpaired) electrons. The predicted molar refractivity (Wildman–Crippen MR) is 80.6 cm³/mol. The number of hydrogen-bond donors (Lipinski definition) is 1. The second-order valence-electron chi connectivity index (χ2n) is 6.25. The molecular weight excluding hydrogens is 234 g/mol. The average molecular weight is 261 g/mol. The van der Waals surface area contributed by atoms with E-state index >= 15 is 0 Å². The van der Waals surface area contributed by atoms with Crippen LogP contribution >= 0.6 is 0 Å². The standard InChI is InChI=1S/C17H27NO/c1-14(2)15-6-8-16(9-7-15)19-13-12-17(18)10-4-3-5-11-17/h6-9,14H,3-5,10-13,18H2,1-2H3. The second kappa shape index (κ2) is 6.42. The number of rotatable bonds is 5. The highest BCUT2D eigenvalue weighted by Crippen LogP contribution is 2.28. The maximum atomic E-state index is 6.41. The van der Waals surface area contributed by atoms with E-state index < -0.39 is 0 Å². The summed E-state index contributed by atoms with van der Waals surface area (Å²) in [5.41, 5.74) is 7.79. The van der Waals surface area contributed by atoms with E-state index in [9.17, 15) is 0 Å². The zero-order valence-corrected chi connectivity index (χ0v) is 12.3. The molecule has 0 amide bonds. The van der Waals surface area contributed by atoms with Gasteiger partial charge in [-0.2, -0.15) is 0 Å². The molecule has 2 rings (SSSR count). The van der Waals surface area contributed by atoms with Crippen molar-refractivity contribution in [1.29, 1.82) is 0 Å². The van der Waals surface area contributed by atoms with Crippen LogP contribution in [0.1, 0.15) is 63.9 Å². The molecule has 0 heterocycles. The van der Waals surface area contributed by atoms with Crippen LogP contribution < -0.4 is 10.5 Å². The molecule has 0 aliphatic heterocycles. The first-order valence-corrected chi connectivity index (χ1v) is 7.61. The Kier molecular flexibility index (Phi) is 4.87. The second-order valence-corrected chi connectivity index (χ2v) is 6.25. The molecule has 0 unspecified atom stereocenters. The number of ether oxygens (including phenoxy) is 1. The summed E-state index contributed by atoms with van der Waals surface area (Å²) in [6, 6.07) is 8.44. The molecule has 0 aromatic heterocycles. The fourth-order valence-corrected chi connectivity index (χ4v) is 2.83. The van der Waals surface area contributed by atoms with Gasteiger partial charge in [-0.1, -0.05) is 45.2 Å². The van der Waals surface area contributed by atoms with Crippen LogP contribution in [0.15, 0.2) is 24.3 Å². The first kappa shape index (κ1) is 14.4. The highest BCUT2D eigenvalue weighted by molar-refractivity contribution is 5.28. The van der Waals surface area contributed by atoms with Gasteiger partial charge in [0.05, 0.1) is 6.61 Å². The van der Waals surface area contributed by atoms with E-state index in [2.05, 4.69) is 38.1 Å². The minimum atomic E-state index is 0.0239. The Morgan fingerprint density at radius 3 is 2.32 bits per heavy atom. The van der Waals surface area contributed by atoms with Gasteiger partial charge in [0.15, 0.2) is 0 Å². The van der Waals surface area contributed by atoms with Crippen LogP contribution in [0.4, 0.5) is 0 Å². The highest BCUT2D eigenvalue weighted by Gasteiger charge is 2.26. The summed E-state index contributed by atoms with van der Waals surface area (Å²) in [6.45, 7) is 5.14. The largest absolute Gasteiger partial charge is 0.494 e. The number of nitrogens with two attached hydrogens (primary N) is 1. The zero-order valence-electron chi connectivity index (χ0n) is 12.3. The maximum Gasteiger partial charge on any atom is 0.119 e. The third-order valence-electron chi connectivity index (χ3n) is 4.26. The van der Waals surface area contributed by atoms with Crippen molar-refractivity contribution in [3.8, 4) is 5.75 Å². The van der Waals surface area contributed by atoms with Crippen LogP contribution in [0, 0.1) is 0 Å². The lowest BCUT2D eigenvalue weighted by atomic mass is 9.80. The zero-order chi connectivity index (χ0) is 13.7. The molecule has 2 nitrogen and oxygen atoms in total. The van der Waals surface area contributed by atoms with E-state index in [4.69, 9.17) is 10.5 Å². The average Bonchev–Trinajstić information content (AvgIpc) is 2.40. The summed E-state index contributed by atoms with van der Waals surface area (Å²) in [6.07, 6.45) is 7.18.